The highest BCUT2D eigenvalue weighted by Gasteiger charge is 2.24. The summed E-state index contributed by atoms with van der Waals surface area (Å²) in [6.07, 6.45) is 6.88. The van der Waals surface area contributed by atoms with Crippen molar-refractivity contribution in [1.29, 1.82) is 0 Å². The van der Waals surface area contributed by atoms with E-state index in [9.17, 15) is 18.0 Å². The second kappa shape index (κ2) is 8.49. The van der Waals surface area contributed by atoms with Gasteiger partial charge in [0, 0.05) is 24.0 Å². The Kier molecular flexibility index (Phi) is 5.95. The molecule has 0 saturated carbocycles. The Bertz CT molecular complexity index is 1070. The summed E-state index contributed by atoms with van der Waals surface area (Å²) in [5.74, 6) is -0.511. The first-order valence-corrected chi connectivity index (χ1v) is 12.5. The van der Waals surface area contributed by atoms with Crippen LogP contribution in [0.1, 0.15) is 58.3 Å². The van der Waals surface area contributed by atoms with Crippen molar-refractivity contribution in [1.82, 2.24) is 10.3 Å². The number of carbonyl (C=O) groups is 2. The van der Waals surface area contributed by atoms with E-state index in [-0.39, 0.29) is 10.8 Å². The van der Waals surface area contributed by atoms with Gasteiger partial charge in [-0.2, -0.15) is 0 Å². The van der Waals surface area contributed by atoms with E-state index in [2.05, 4.69) is 10.3 Å². The van der Waals surface area contributed by atoms with E-state index in [0.717, 1.165) is 43.4 Å². The van der Waals surface area contributed by atoms with E-state index in [1.807, 2.05) is 6.07 Å². The Morgan fingerprint density at radius 3 is 2.57 bits per heavy atom. The average molecular weight is 448 g/mol. The second-order valence-corrected chi connectivity index (χ2v) is 10.6. The van der Waals surface area contributed by atoms with Crippen molar-refractivity contribution in [2.45, 2.75) is 56.8 Å². The minimum Gasteiger partial charge on any atom is -0.312 e. The third-order valence-corrected chi connectivity index (χ3v) is 8.11. The van der Waals surface area contributed by atoms with Crippen LogP contribution in [0.4, 0.5) is 5.69 Å². The summed E-state index contributed by atoms with van der Waals surface area (Å²) in [7, 11) is -3.92. The molecule has 0 atom stereocenters. The zero-order chi connectivity index (χ0) is 21.3. The number of thiophene rings is 1. The summed E-state index contributed by atoms with van der Waals surface area (Å²) in [4.78, 5) is 30.0. The molecular weight excluding hydrogens is 422 g/mol. The van der Waals surface area contributed by atoms with Crippen LogP contribution >= 0.6 is 11.3 Å². The van der Waals surface area contributed by atoms with Crippen LogP contribution in [0.15, 0.2) is 29.2 Å². The summed E-state index contributed by atoms with van der Waals surface area (Å²) in [6, 6.07) is 6.57. The Hall–Kier alpha value is -2.23. The maximum absolute atomic E-state index is 12.7. The molecular formula is C21H25N3O4S2. The van der Waals surface area contributed by atoms with Crippen molar-refractivity contribution >= 4 is 38.9 Å². The number of nitrogens with one attached hydrogen (secondary N) is 2. The lowest BCUT2D eigenvalue weighted by molar-refractivity contribution is -0.116. The van der Waals surface area contributed by atoms with Gasteiger partial charge >= 0.3 is 0 Å². The molecule has 2 aromatic rings. The highest BCUT2D eigenvalue weighted by molar-refractivity contribution is 7.89. The summed E-state index contributed by atoms with van der Waals surface area (Å²) in [5.41, 5.74) is 5.10. The van der Waals surface area contributed by atoms with Crippen molar-refractivity contribution in [3.8, 4) is 0 Å². The Labute approximate surface area is 180 Å². The van der Waals surface area contributed by atoms with E-state index in [4.69, 9.17) is 0 Å². The van der Waals surface area contributed by atoms with Gasteiger partial charge in [-0.3, -0.25) is 15.0 Å². The zero-order valence-electron chi connectivity index (χ0n) is 16.9. The molecule has 0 unspecified atom stereocenters. The first-order valence-electron chi connectivity index (χ1n) is 10.2. The van der Waals surface area contributed by atoms with Crippen LogP contribution in [0.5, 0.6) is 0 Å². The van der Waals surface area contributed by atoms with Gasteiger partial charge < -0.3 is 4.90 Å². The second-order valence-electron chi connectivity index (χ2n) is 7.74. The third-order valence-electron chi connectivity index (χ3n) is 5.63. The lowest BCUT2D eigenvalue weighted by Crippen LogP contribution is -2.41. The number of sulfonamides is 1. The number of hydrogen-bond acceptors (Lipinski definition) is 5. The zero-order valence-corrected chi connectivity index (χ0v) is 18.5. The Balaban J connectivity index is 1.47. The fraction of sp³-hybridized carbons (Fsp3) is 0.429. The minimum absolute atomic E-state index is 0.0636. The van der Waals surface area contributed by atoms with Crippen LogP contribution in [-0.2, 0) is 34.1 Å². The highest BCUT2D eigenvalue weighted by Crippen LogP contribution is 2.30. The molecule has 0 saturated heterocycles. The summed E-state index contributed by atoms with van der Waals surface area (Å²) < 4.78 is 25.4. The molecule has 1 aromatic carbocycles. The van der Waals surface area contributed by atoms with Crippen LogP contribution in [0.2, 0.25) is 0 Å². The summed E-state index contributed by atoms with van der Waals surface area (Å²) in [5, 5.41) is 0. The van der Waals surface area contributed by atoms with Crippen molar-refractivity contribution in [3.05, 3.63) is 45.1 Å². The maximum atomic E-state index is 12.7. The number of hydrogen-bond donors (Lipinski definition) is 2. The number of anilines is 1. The van der Waals surface area contributed by atoms with Gasteiger partial charge in [-0.05, 0) is 73.9 Å². The molecule has 2 aliphatic rings. The molecule has 1 aliphatic heterocycles. The van der Waals surface area contributed by atoms with E-state index in [1.54, 1.807) is 17.0 Å². The molecule has 0 spiro atoms. The normalized spacial score (nSPS) is 16.4. The van der Waals surface area contributed by atoms with E-state index in [0.29, 0.717) is 17.8 Å². The maximum Gasteiger partial charge on any atom is 0.276 e. The molecule has 2 amide bonds. The molecule has 30 heavy (non-hydrogen) atoms. The SMILES string of the molecule is CC(=O)N1CCCc2cc(S(=O)(=O)NNC(=O)c3cc4c(s3)CCCCC4)ccc21. The van der Waals surface area contributed by atoms with E-state index >= 15 is 0 Å². The smallest absolute Gasteiger partial charge is 0.276 e. The fourth-order valence-corrected chi connectivity index (χ4v) is 6.12. The van der Waals surface area contributed by atoms with Gasteiger partial charge in [-0.25, -0.2) is 8.42 Å². The topological polar surface area (TPSA) is 95.6 Å². The summed E-state index contributed by atoms with van der Waals surface area (Å²) >= 11 is 1.44. The van der Waals surface area contributed by atoms with E-state index in [1.165, 1.54) is 41.2 Å². The monoisotopic (exact) mass is 447 g/mol. The van der Waals surface area contributed by atoms with Crippen molar-refractivity contribution in [2.75, 3.05) is 11.4 Å². The predicted octanol–water partition coefficient (Wildman–Crippen LogP) is 2.94. The molecule has 2 N–H and O–H groups in total. The van der Waals surface area contributed by atoms with Crippen LogP contribution in [0.3, 0.4) is 0 Å². The van der Waals surface area contributed by atoms with Crippen molar-refractivity contribution < 1.29 is 18.0 Å². The van der Waals surface area contributed by atoms with Gasteiger partial charge in [0.15, 0.2) is 0 Å². The number of amides is 2. The van der Waals surface area contributed by atoms with Crippen molar-refractivity contribution in [2.24, 2.45) is 0 Å². The minimum atomic E-state index is -3.92. The quantitative estimate of drug-likeness (QED) is 0.556. The van der Waals surface area contributed by atoms with E-state index < -0.39 is 15.9 Å². The first kappa shape index (κ1) is 21.0. The van der Waals surface area contributed by atoms with Crippen LogP contribution in [-0.4, -0.2) is 26.8 Å². The summed E-state index contributed by atoms with van der Waals surface area (Å²) in [6.45, 7) is 2.13. The van der Waals surface area contributed by atoms with Crippen LogP contribution in [0.25, 0.3) is 0 Å². The number of rotatable bonds is 4. The van der Waals surface area contributed by atoms with Gasteiger partial charge in [0.2, 0.25) is 5.91 Å². The lowest BCUT2D eigenvalue weighted by atomic mass is 10.0. The molecule has 0 fully saturated rings. The number of aryl methyl sites for hydroxylation is 3. The predicted molar refractivity (Wildman–Crippen MR) is 116 cm³/mol. The molecule has 7 nitrogen and oxygen atoms in total. The fourth-order valence-electron chi connectivity index (χ4n) is 4.08. The molecule has 4 rings (SSSR count). The van der Waals surface area contributed by atoms with Gasteiger partial charge in [-0.15, -0.1) is 16.2 Å². The van der Waals surface area contributed by atoms with Gasteiger partial charge in [0.1, 0.15) is 0 Å². The Morgan fingerprint density at radius 2 is 1.77 bits per heavy atom. The van der Waals surface area contributed by atoms with Crippen molar-refractivity contribution in [3.63, 3.8) is 0 Å². The number of hydrazine groups is 1. The van der Waals surface area contributed by atoms with Crippen LogP contribution in [0, 0.1) is 0 Å². The number of benzene rings is 1. The average Bonchev–Trinajstić information content (AvgIpc) is 3.01. The lowest BCUT2D eigenvalue weighted by Gasteiger charge is -2.28. The molecule has 0 bridgehead atoms. The van der Waals surface area contributed by atoms with Gasteiger partial charge in [0.25, 0.3) is 15.9 Å². The largest absolute Gasteiger partial charge is 0.312 e. The number of fused-ring (bicyclic) bond motifs is 2. The molecule has 1 aliphatic carbocycles. The molecule has 9 heteroatoms. The molecule has 160 valence electrons. The van der Waals surface area contributed by atoms with Gasteiger partial charge in [0.05, 0.1) is 9.77 Å². The Morgan fingerprint density at radius 1 is 1.00 bits per heavy atom. The molecule has 2 heterocycles. The first-order chi connectivity index (χ1) is 14.3. The van der Waals surface area contributed by atoms with Crippen LogP contribution < -0.4 is 15.2 Å². The number of carbonyl (C=O) groups excluding carboxylic acids is 2. The standard InChI is InChI=1S/C21H25N3O4S2/c1-14(25)24-11-5-7-15-12-17(9-10-18(15)24)30(27,28)23-22-21(26)20-13-16-6-3-2-4-8-19(16)29-20/h9-10,12-13,23H,2-8,11H2,1H3,(H,22,26). The molecule has 0 radical (unpaired) electrons. The highest BCUT2D eigenvalue weighted by atomic mass is 32.2. The molecule has 1 aromatic heterocycles. The number of nitrogens with zero attached hydrogens (tertiary/aromatic N) is 1. The third kappa shape index (κ3) is 4.28. The van der Waals surface area contributed by atoms with Gasteiger partial charge in [-0.1, -0.05) is 6.42 Å².